The second-order valence-electron chi connectivity index (χ2n) is 7.77. The van der Waals surface area contributed by atoms with Crippen LogP contribution >= 0.6 is 0 Å². The maximum atomic E-state index is 4.64. The zero-order valence-corrected chi connectivity index (χ0v) is 14.2. The average Bonchev–Trinajstić information content (AvgIpc) is 3.04. The van der Waals surface area contributed by atoms with Gasteiger partial charge >= 0.3 is 0 Å². The lowest BCUT2D eigenvalue weighted by Gasteiger charge is -2.37. The summed E-state index contributed by atoms with van der Waals surface area (Å²) in [6.07, 6.45) is 13.6. The summed E-state index contributed by atoms with van der Waals surface area (Å²) in [5.41, 5.74) is 5.96. The monoisotopic (exact) mass is 305 g/mol. The topological polar surface area (TPSA) is 12.9 Å². The molecule has 1 heterocycles. The summed E-state index contributed by atoms with van der Waals surface area (Å²) < 4.78 is 0. The molecule has 1 heteroatoms. The van der Waals surface area contributed by atoms with Gasteiger partial charge in [-0.25, -0.2) is 0 Å². The van der Waals surface area contributed by atoms with Gasteiger partial charge in [-0.15, -0.1) is 0 Å². The highest BCUT2D eigenvalue weighted by Gasteiger charge is 2.37. The molecule has 2 aromatic rings. The molecule has 0 radical (unpaired) electrons. The molecular formula is C22H27N. The number of nitrogens with zero attached hydrogens (tertiary/aromatic N) is 1. The number of hydrogen-bond donors (Lipinski definition) is 0. The highest BCUT2D eigenvalue weighted by Crippen LogP contribution is 2.52. The summed E-state index contributed by atoms with van der Waals surface area (Å²) in [4.78, 5) is 4.64. The molecule has 2 fully saturated rings. The Labute approximate surface area is 140 Å². The van der Waals surface area contributed by atoms with Gasteiger partial charge in [0.2, 0.25) is 0 Å². The van der Waals surface area contributed by atoms with E-state index >= 15 is 0 Å². The van der Waals surface area contributed by atoms with E-state index in [9.17, 15) is 0 Å². The largest absolute Gasteiger partial charge is 0.256 e. The summed E-state index contributed by atoms with van der Waals surface area (Å²) in [5.74, 6) is 0.743. The Bertz CT molecular complexity index is 672. The maximum absolute atomic E-state index is 4.64. The molecule has 120 valence electrons. The van der Waals surface area contributed by atoms with Crippen LogP contribution in [0.4, 0.5) is 0 Å². The lowest BCUT2D eigenvalue weighted by molar-refractivity contribution is 0.181. The molecule has 0 amide bonds. The van der Waals surface area contributed by atoms with Gasteiger partial charge in [-0.05, 0) is 80.0 Å². The molecule has 1 spiro atoms. The summed E-state index contributed by atoms with van der Waals surface area (Å²) >= 11 is 0. The molecule has 0 N–H and O–H groups in total. The van der Waals surface area contributed by atoms with Crippen LogP contribution in [0.15, 0.2) is 42.6 Å². The zero-order valence-electron chi connectivity index (χ0n) is 14.2. The van der Waals surface area contributed by atoms with Crippen LogP contribution < -0.4 is 0 Å². The quantitative estimate of drug-likeness (QED) is 0.636. The number of rotatable bonds is 2. The first-order valence-corrected chi connectivity index (χ1v) is 9.28. The van der Waals surface area contributed by atoms with E-state index in [-0.39, 0.29) is 0 Å². The Morgan fingerprint density at radius 2 is 1.70 bits per heavy atom. The van der Waals surface area contributed by atoms with Crippen molar-refractivity contribution in [2.45, 2.75) is 64.2 Å². The van der Waals surface area contributed by atoms with Gasteiger partial charge in [-0.1, -0.05) is 37.1 Å². The Morgan fingerprint density at radius 3 is 2.43 bits per heavy atom. The van der Waals surface area contributed by atoms with Crippen molar-refractivity contribution in [1.29, 1.82) is 0 Å². The molecule has 0 saturated heterocycles. The molecule has 23 heavy (non-hydrogen) atoms. The van der Waals surface area contributed by atoms with Gasteiger partial charge in [-0.2, -0.15) is 0 Å². The van der Waals surface area contributed by atoms with Crippen LogP contribution in [0.3, 0.4) is 0 Å². The van der Waals surface area contributed by atoms with E-state index < -0.39 is 0 Å². The van der Waals surface area contributed by atoms with Crippen molar-refractivity contribution in [2.75, 3.05) is 0 Å². The minimum atomic E-state index is 0.725. The van der Waals surface area contributed by atoms with Crippen molar-refractivity contribution in [3.8, 4) is 11.3 Å². The summed E-state index contributed by atoms with van der Waals surface area (Å²) in [5, 5.41) is 0. The van der Waals surface area contributed by atoms with E-state index in [1.165, 1.54) is 68.1 Å². The van der Waals surface area contributed by atoms with Crippen molar-refractivity contribution in [2.24, 2.45) is 5.41 Å². The molecule has 0 unspecified atom stereocenters. The van der Waals surface area contributed by atoms with Gasteiger partial charge in [-0.3, -0.25) is 4.98 Å². The highest BCUT2D eigenvalue weighted by molar-refractivity contribution is 5.63. The Kier molecular flexibility index (Phi) is 3.97. The third-order valence-electron chi connectivity index (χ3n) is 6.39. The van der Waals surface area contributed by atoms with Crippen LogP contribution in [0.1, 0.15) is 68.4 Å². The van der Waals surface area contributed by atoms with Crippen molar-refractivity contribution in [1.82, 2.24) is 4.98 Å². The number of benzene rings is 1. The van der Waals surface area contributed by atoms with Gasteiger partial charge < -0.3 is 0 Å². The molecule has 0 aliphatic heterocycles. The highest BCUT2D eigenvalue weighted by atomic mass is 14.7. The molecule has 1 aromatic heterocycles. The number of hydrogen-bond acceptors (Lipinski definition) is 1. The smallest absolute Gasteiger partial charge is 0.0707 e. The molecule has 4 rings (SSSR count). The molecule has 2 aliphatic rings. The van der Waals surface area contributed by atoms with E-state index in [0.29, 0.717) is 0 Å². The van der Waals surface area contributed by atoms with Crippen molar-refractivity contribution >= 4 is 0 Å². The van der Waals surface area contributed by atoms with E-state index in [0.717, 1.165) is 17.0 Å². The third-order valence-corrected chi connectivity index (χ3v) is 6.39. The summed E-state index contributed by atoms with van der Waals surface area (Å²) in [6.45, 7) is 2.17. The molecule has 0 bridgehead atoms. The number of aryl methyl sites for hydroxylation is 1. The molecule has 1 nitrogen and oxygen atoms in total. The molecule has 2 aliphatic carbocycles. The fourth-order valence-electron chi connectivity index (χ4n) is 4.90. The average molecular weight is 305 g/mol. The maximum Gasteiger partial charge on any atom is 0.0707 e. The van der Waals surface area contributed by atoms with Gasteiger partial charge in [0.1, 0.15) is 0 Å². The third kappa shape index (κ3) is 2.94. The normalized spacial score (nSPS) is 20.9. The molecular weight excluding hydrogens is 278 g/mol. The first-order valence-electron chi connectivity index (χ1n) is 9.28. The Morgan fingerprint density at radius 1 is 0.957 bits per heavy atom. The lowest BCUT2D eigenvalue weighted by atomic mass is 9.68. The zero-order chi connectivity index (χ0) is 15.7. The SMILES string of the molecule is Cc1ccccc1-c1cc(C2CCC3(CCCC3)CC2)ccn1. The van der Waals surface area contributed by atoms with Crippen LogP contribution in [0.25, 0.3) is 11.3 Å². The minimum Gasteiger partial charge on any atom is -0.256 e. The summed E-state index contributed by atoms with van der Waals surface area (Å²) in [7, 11) is 0. The predicted octanol–water partition coefficient (Wildman–Crippen LogP) is 6.28. The van der Waals surface area contributed by atoms with Crippen LogP contribution in [0.5, 0.6) is 0 Å². The first-order chi connectivity index (χ1) is 11.3. The fraction of sp³-hybridized carbons (Fsp3) is 0.500. The number of pyridine rings is 1. The minimum absolute atomic E-state index is 0.725. The molecule has 2 saturated carbocycles. The van der Waals surface area contributed by atoms with Gasteiger partial charge in [0.25, 0.3) is 0 Å². The standard InChI is InChI=1S/C22H27N/c1-17-6-2-3-7-20(17)21-16-19(10-15-23-21)18-8-13-22(14-9-18)11-4-5-12-22/h2-3,6-7,10,15-16,18H,4-5,8-9,11-14H2,1H3. The van der Waals surface area contributed by atoms with E-state index in [1.807, 2.05) is 6.20 Å². The second-order valence-corrected chi connectivity index (χ2v) is 7.77. The van der Waals surface area contributed by atoms with Gasteiger partial charge in [0.15, 0.2) is 0 Å². The van der Waals surface area contributed by atoms with Gasteiger partial charge in [0.05, 0.1) is 5.69 Å². The summed E-state index contributed by atoms with van der Waals surface area (Å²) in [6, 6.07) is 13.2. The van der Waals surface area contributed by atoms with Crippen LogP contribution in [0.2, 0.25) is 0 Å². The lowest BCUT2D eigenvalue weighted by Crippen LogP contribution is -2.23. The predicted molar refractivity (Wildman–Crippen MR) is 96.5 cm³/mol. The second kappa shape index (κ2) is 6.11. The van der Waals surface area contributed by atoms with Crippen LogP contribution in [-0.4, -0.2) is 4.98 Å². The first kappa shape index (κ1) is 14.9. The Hall–Kier alpha value is -1.63. The van der Waals surface area contributed by atoms with Gasteiger partial charge in [0, 0.05) is 11.8 Å². The van der Waals surface area contributed by atoms with Crippen molar-refractivity contribution in [3.63, 3.8) is 0 Å². The van der Waals surface area contributed by atoms with Crippen LogP contribution in [-0.2, 0) is 0 Å². The van der Waals surface area contributed by atoms with E-state index in [1.54, 1.807) is 0 Å². The Balaban J connectivity index is 1.54. The van der Waals surface area contributed by atoms with Crippen molar-refractivity contribution < 1.29 is 0 Å². The number of aromatic nitrogens is 1. The van der Waals surface area contributed by atoms with Crippen LogP contribution in [0, 0.1) is 12.3 Å². The fourth-order valence-corrected chi connectivity index (χ4v) is 4.90. The van der Waals surface area contributed by atoms with Crippen molar-refractivity contribution in [3.05, 3.63) is 53.7 Å². The molecule has 1 aromatic carbocycles. The van der Waals surface area contributed by atoms with E-state index in [2.05, 4.69) is 48.3 Å². The molecule has 0 atom stereocenters. The van der Waals surface area contributed by atoms with E-state index in [4.69, 9.17) is 0 Å².